The highest BCUT2D eigenvalue weighted by Crippen LogP contribution is 2.08. The van der Waals surface area contributed by atoms with Crippen molar-refractivity contribution in [1.82, 2.24) is 0 Å². The van der Waals surface area contributed by atoms with Crippen LogP contribution < -0.4 is 0 Å². The summed E-state index contributed by atoms with van der Waals surface area (Å²) in [5, 5.41) is 0. The van der Waals surface area contributed by atoms with Crippen molar-refractivity contribution < 1.29 is 4.39 Å². The summed E-state index contributed by atoms with van der Waals surface area (Å²) in [7, 11) is 0. The molecule has 0 saturated heterocycles. The molecular weight excluding hydrogens is 102 g/mol. The van der Waals surface area contributed by atoms with Crippen LogP contribution in [0.25, 0.3) is 0 Å². The maximum absolute atomic E-state index is 11.6. The summed E-state index contributed by atoms with van der Waals surface area (Å²) >= 11 is 4.95. The summed E-state index contributed by atoms with van der Waals surface area (Å²) in [5.41, 5.74) is -1.18. The standard InChI is InChI=1S/C4H8ClF/c1-3(2)4(5)6/h3-4H,1-2H3/t4-/m0/s1. The van der Waals surface area contributed by atoms with Gasteiger partial charge in [0.1, 0.15) is 0 Å². The number of hydrogen-bond acceptors (Lipinski definition) is 0. The smallest absolute Gasteiger partial charge is 0.175 e. The van der Waals surface area contributed by atoms with E-state index in [4.69, 9.17) is 11.6 Å². The molecule has 0 aromatic carbocycles. The lowest BCUT2D eigenvalue weighted by Gasteiger charge is -1.98. The van der Waals surface area contributed by atoms with Gasteiger partial charge in [0.05, 0.1) is 0 Å². The maximum atomic E-state index is 11.6. The topological polar surface area (TPSA) is 0 Å². The van der Waals surface area contributed by atoms with E-state index in [1.165, 1.54) is 0 Å². The third kappa shape index (κ3) is 2.46. The zero-order chi connectivity index (χ0) is 5.15. The average Bonchev–Trinajstić information content (AvgIpc) is 1.36. The largest absolute Gasteiger partial charge is 0.230 e. The van der Waals surface area contributed by atoms with E-state index in [2.05, 4.69) is 0 Å². The number of rotatable bonds is 1. The van der Waals surface area contributed by atoms with E-state index in [9.17, 15) is 4.39 Å². The van der Waals surface area contributed by atoms with Crippen LogP contribution in [0, 0.1) is 5.92 Å². The first-order chi connectivity index (χ1) is 2.64. The Morgan fingerprint density at radius 2 is 1.67 bits per heavy atom. The molecule has 0 amide bonds. The van der Waals surface area contributed by atoms with E-state index in [1.807, 2.05) is 0 Å². The fraction of sp³-hybridized carbons (Fsp3) is 1.00. The number of alkyl halides is 2. The van der Waals surface area contributed by atoms with Crippen molar-refractivity contribution in [3.05, 3.63) is 0 Å². The molecule has 0 N–H and O–H groups in total. The van der Waals surface area contributed by atoms with E-state index in [0.717, 1.165) is 0 Å². The van der Waals surface area contributed by atoms with Gasteiger partial charge >= 0.3 is 0 Å². The van der Waals surface area contributed by atoms with E-state index in [-0.39, 0.29) is 5.92 Å². The SMILES string of the molecule is CC(C)[C@H](F)Cl. The predicted molar refractivity (Wildman–Crippen MR) is 25.6 cm³/mol. The molecule has 0 fully saturated rings. The minimum absolute atomic E-state index is 0.0494. The highest BCUT2D eigenvalue weighted by atomic mass is 35.5. The van der Waals surface area contributed by atoms with E-state index in [1.54, 1.807) is 13.8 Å². The molecule has 0 spiro atoms. The fourth-order valence-electron chi connectivity index (χ4n) is 0. The lowest BCUT2D eigenvalue weighted by Crippen LogP contribution is -1.97. The van der Waals surface area contributed by atoms with Crippen LogP contribution in [-0.2, 0) is 0 Å². The summed E-state index contributed by atoms with van der Waals surface area (Å²) in [6, 6.07) is 0. The summed E-state index contributed by atoms with van der Waals surface area (Å²) in [5.74, 6) is -0.0494. The molecule has 0 nitrogen and oxygen atoms in total. The Hall–Kier alpha value is 0.220. The Labute approximate surface area is 42.3 Å². The minimum atomic E-state index is -1.18. The van der Waals surface area contributed by atoms with Gasteiger partial charge < -0.3 is 0 Å². The van der Waals surface area contributed by atoms with Gasteiger partial charge in [-0.15, -0.1) is 0 Å². The molecule has 6 heavy (non-hydrogen) atoms. The molecule has 0 saturated carbocycles. The predicted octanol–water partition coefficient (Wildman–Crippen LogP) is 2.18. The van der Waals surface area contributed by atoms with Crippen LogP contribution in [0.5, 0.6) is 0 Å². The third-order valence-corrected chi connectivity index (χ3v) is 1.01. The van der Waals surface area contributed by atoms with Crippen LogP contribution in [0.2, 0.25) is 0 Å². The summed E-state index contributed by atoms with van der Waals surface area (Å²) in [6.07, 6.45) is 0. The van der Waals surface area contributed by atoms with Gasteiger partial charge in [-0.05, 0) is 5.92 Å². The summed E-state index contributed by atoms with van der Waals surface area (Å²) in [4.78, 5) is 0. The average molecular weight is 111 g/mol. The molecule has 0 heterocycles. The van der Waals surface area contributed by atoms with E-state index in [0.29, 0.717) is 0 Å². The zero-order valence-corrected chi connectivity index (χ0v) is 4.67. The second kappa shape index (κ2) is 2.40. The summed E-state index contributed by atoms with van der Waals surface area (Å²) < 4.78 is 11.6. The third-order valence-electron chi connectivity index (χ3n) is 0.504. The van der Waals surface area contributed by atoms with Crippen LogP contribution in [0.3, 0.4) is 0 Å². The van der Waals surface area contributed by atoms with Crippen LogP contribution in [0.4, 0.5) is 4.39 Å². The summed E-state index contributed by atoms with van der Waals surface area (Å²) in [6.45, 7) is 3.47. The van der Waals surface area contributed by atoms with Crippen molar-refractivity contribution in [1.29, 1.82) is 0 Å². The monoisotopic (exact) mass is 110 g/mol. The van der Waals surface area contributed by atoms with Crippen LogP contribution in [0.1, 0.15) is 13.8 Å². The number of hydrogen-bond donors (Lipinski definition) is 0. The van der Waals surface area contributed by atoms with Gasteiger partial charge in [0, 0.05) is 0 Å². The highest BCUT2D eigenvalue weighted by Gasteiger charge is 2.03. The van der Waals surface area contributed by atoms with Crippen molar-refractivity contribution >= 4 is 11.6 Å². The molecule has 0 unspecified atom stereocenters. The molecule has 0 radical (unpaired) electrons. The molecular formula is C4H8ClF. The molecule has 0 aliphatic carbocycles. The van der Waals surface area contributed by atoms with Gasteiger partial charge in [0.25, 0.3) is 0 Å². The molecule has 38 valence electrons. The van der Waals surface area contributed by atoms with Crippen LogP contribution in [-0.4, -0.2) is 5.63 Å². The van der Waals surface area contributed by atoms with Crippen molar-refractivity contribution in [2.75, 3.05) is 0 Å². The molecule has 0 aromatic heterocycles. The first-order valence-electron chi connectivity index (χ1n) is 1.92. The molecule has 0 rings (SSSR count). The quantitative estimate of drug-likeness (QED) is 0.454. The highest BCUT2D eigenvalue weighted by molar-refractivity contribution is 6.19. The molecule has 0 aliphatic heterocycles. The molecule has 0 aromatic rings. The second-order valence-electron chi connectivity index (χ2n) is 1.58. The van der Waals surface area contributed by atoms with Gasteiger partial charge in [-0.2, -0.15) is 0 Å². The van der Waals surface area contributed by atoms with E-state index >= 15 is 0 Å². The molecule has 0 aliphatic rings. The Bertz CT molecular complexity index is 28.5. The zero-order valence-electron chi connectivity index (χ0n) is 3.91. The van der Waals surface area contributed by atoms with Crippen molar-refractivity contribution in [2.45, 2.75) is 19.5 Å². The van der Waals surface area contributed by atoms with Gasteiger partial charge in [0.15, 0.2) is 5.63 Å². The van der Waals surface area contributed by atoms with Crippen molar-refractivity contribution in [2.24, 2.45) is 5.92 Å². The normalized spacial score (nSPS) is 15.5. The Morgan fingerprint density at radius 3 is 1.67 bits per heavy atom. The molecule has 1 atom stereocenters. The van der Waals surface area contributed by atoms with Crippen LogP contribution >= 0.6 is 11.6 Å². The Balaban J connectivity index is 2.99. The van der Waals surface area contributed by atoms with Crippen molar-refractivity contribution in [3.63, 3.8) is 0 Å². The first-order valence-corrected chi connectivity index (χ1v) is 2.36. The number of halogens is 2. The maximum Gasteiger partial charge on any atom is 0.175 e. The van der Waals surface area contributed by atoms with Crippen LogP contribution in [0.15, 0.2) is 0 Å². The van der Waals surface area contributed by atoms with Gasteiger partial charge in [-0.1, -0.05) is 25.4 Å². The Kier molecular flexibility index (Phi) is 2.49. The van der Waals surface area contributed by atoms with E-state index < -0.39 is 5.63 Å². The fourth-order valence-corrected chi connectivity index (χ4v) is 0. The van der Waals surface area contributed by atoms with Gasteiger partial charge in [-0.25, -0.2) is 4.39 Å². The molecule has 2 heteroatoms. The molecule has 0 bridgehead atoms. The lowest BCUT2D eigenvalue weighted by molar-refractivity contribution is 0.354. The first kappa shape index (κ1) is 6.22. The Morgan fingerprint density at radius 1 is 1.50 bits per heavy atom. The second-order valence-corrected chi connectivity index (χ2v) is 2.00. The van der Waals surface area contributed by atoms with Gasteiger partial charge in [-0.3, -0.25) is 0 Å². The minimum Gasteiger partial charge on any atom is -0.230 e. The lowest BCUT2D eigenvalue weighted by atomic mass is 10.3. The van der Waals surface area contributed by atoms with Crippen molar-refractivity contribution in [3.8, 4) is 0 Å². The van der Waals surface area contributed by atoms with Gasteiger partial charge in [0.2, 0.25) is 0 Å².